The maximum atomic E-state index is 13.9. The number of hydrogen-bond acceptors (Lipinski definition) is 1. The molecule has 0 unspecified atom stereocenters. The van der Waals surface area contributed by atoms with Gasteiger partial charge >= 0.3 is 47.9 Å². The highest BCUT2D eigenvalue weighted by atomic mass is 35.5. The molecule has 0 rings (SSSR count). The van der Waals surface area contributed by atoms with Gasteiger partial charge in [-0.2, -0.15) is 79.0 Å². The van der Waals surface area contributed by atoms with Gasteiger partial charge in [-0.15, -0.1) is 12.4 Å². The van der Waals surface area contributed by atoms with E-state index in [4.69, 9.17) is 5.73 Å². The fourth-order valence-corrected chi connectivity index (χ4v) is 4.28. The number of unbranched alkanes of at least 4 members (excludes halogenated alkanes) is 4. The molecule has 2 N–H and O–H groups in total. The first-order chi connectivity index (χ1) is 18.5. The molecule has 20 heteroatoms. The smallest absolute Gasteiger partial charge is 0.330 e. The summed E-state index contributed by atoms with van der Waals surface area (Å²) in [6, 6.07) is 0. The van der Waals surface area contributed by atoms with Crippen LogP contribution >= 0.6 is 12.4 Å². The van der Waals surface area contributed by atoms with Crippen LogP contribution in [0.5, 0.6) is 0 Å². The molecule has 0 radical (unpaired) electrons. The molecule has 0 aliphatic rings. The number of nitrogens with two attached hydrogens (primary N) is 1. The van der Waals surface area contributed by atoms with Gasteiger partial charge in [0.2, 0.25) is 0 Å². The Morgan fingerprint density at radius 2 is 0.698 bits per heavy atom. The average Bonchev–Trinajstić information content (AvgIpc) is 2.81. The monoisotopic (exact) mass is 699 g/mol. The molecule has 0 fully saturated rings. The van der Waals surface area contributed by atoms with Gasteiger partial charge in [0.25, 0.3) is 0 Å². The van der Waals surface area contributed by atoms with Gasteiger partial charge in [-0.1, -0.05) is 39.0 Å². The van der Waals surface area contributed by atoms with E-state index >= 15 is 0 Å². The van der Waals surface area contributed by atoms with Crippen LogP contribution in [0.3, 0.4) is 0 Å². The Balaban J connectivity index is 0. The number of rotatable bonds is 19. The number of alkyl halides is 18. The molecule has 0 saturated heterocycles. The van der Waals surface area contributed by atoms with Crippen LogP contribution in [-0.2, 0) is 0 Å². The highest BCUT2D eigenvalue weighted by molar-refractivity contribution is 5.85. The molecular formula is C23H32ClF18N. The summed E-state index contributed by atoms with van der Waals surface area (Å²) in [5, 5.41) is 0. The van der Waals surface area contributed by atoms with Gasteiger partial charge in [-0.05, 0) is 44.1 Å². The second-order valence-corrected chi connectivity index (χ2v) is 10.3. The molecule has 0 bridgehead atoms. The van der Waals surface area contributed by atoms with E-state index in [0.29, 0.717) is 19.3 Å². The van der Waals surface area contributed by atoms with Gasteiger partial charge in [0.05, 0.1) is 0 Å². The van der Waals surface area contributed by atoms with Crippen molar-refractivity contribution in [3.8, 4) is 0 Å². The summed E-state index contributed by atoms with van der Waals surface area (Å²) in [6.07, 6.45) is -20.6. The van der Waals surface area contributed by atoms with Gasteiger partial charge in [-0.25, -0.2) is 0 Å². The van der Waals surface area contributed by atoms with E-state index in [1.54, 1.807) is 6.92 Å². The molecule has 0 aliphatic carbocycles. The highest BCUT2D eigenvalue weighted by Crippen LogP contribution is 2.56. The van der Waals surface area contributed by atoms with Crippen LogP contribution in [0.25, 0.3) is 0 Å². The standard InChI is InChI=1S/C23H31F18N.ClH/c1-2-3-4-5-6-9-15(14-42,10-7-12-16(24,25)18(28,29)20(32,33)22(36,37)38)11-8-13-17(26,27)19(30,31)21(34,35)23(39,40)41;/h2-14,42H2,1H3;1H. The van der Waals surface area contributed by atoms with Crippen molar-refractivity contribution in [3.05, 3.63) is 0 Å². The van der Waals surface area contributed by atoms with Crippen LogP contribution in [0.15, 0.2) is 0 Å². The van der Waals surface area contributed by atoms with E-state index in [1.807, 2.05) is 0 Å². The van der Waals surface area contributed by atoms with Crippen molar-refractivity contribution >= 4 is 12.4 Å². The fourth-order valence-electron chi connectivity index (χ4n) is 4.28. The predicted molar refractivity (Wildman–Crippen MR) is 122 cm³/mol. The molecule has 0 saturated carbocycles. The van der Waals surface area contributed by atoms with Crippen molar-refractivity contribution in [2.45, 2.75) is 132 Å². The highest BCUT2D eigenvalue weighted by Gasteiger charge is 2.82. The van der Waals surface area contributed by atoms with Crippen molar-refractivity contribution in [3.63, 3.8) is 0 Å². The van der Waals surface area contributed by atoms with Crippen molar-refractivity contribution in [1.29, 1.82) is 0 Å². The first-order valence-corrected chi connectivity index (χ1v) is 12.6. The summed E-state index contributed by atoms with van der Waals surface area (Å²) >= 11 is 0. The quantitative estimate of drug-likeness (QED) is 0.105. The van der Waals surface area contributed by atoms with Gasteiger partial charge in [-0.3, -0.25) is 0 Å². The maximum absolute atomic E-state index is 13.9. The zero-order chi connectivity index (χ0) is 33.7. The Bertz CT molecular complexity index is 766. The third kappa shape index (κ3) is 9.74. The molecule has 43 heavy (non-hydrogen) atoms. The Kier molecular flexibility index (Phi) is 15.4. The Morgan fingerprint density at radius 3 is 0.977 bits per heavy atom. The minimum atomic E-state index is -7.15. The summed E-state index contributed by atoms with van der Waals surface area (Å²) in [4.78, 5) is 0. The lowest BCUT2D eigenvalue weighted by Crippen LogP contribution is -2.60. The lowest BCUT2D eigenvalue weighted by molar-refractivity contribution is -0.397. The van der Waals surface area contributed by atoms with Gasteiger partial charge in [0.15, 0.2) is 0 Å². The molecule has 0 amide bonds. The van der Waals surface area contributed by atoms with Crippen LogP contribution in [0.4, 0.5) is 79.0 Å². The van der Waals surface area contributed by atoms with E-state index < -0.39 is 98.4 Å². The fraction of sp³-hybridized carbons (Fsp3) is 1.00. The number of halogens is 19. The molecule has 0 aromatic heterocycles. The van der Waals surface area contributed by atoms with Gasteiger partial charge < -0.3 is 5.73 Å². The summed E-state index contributed by atoms with van der Waals surface area (Å²) < 4.78 is 236. The van der Waals surface area contributed by atoms with Crippen molar-refractivity contribution in [2.75, 3.05) is 6.54 Å². The van der Waals surface area contributed by atoms with Crippen molar-refractivity contribution in [1.82, 2.24) is 0 Å². The third-order valence-corrected chi connectivity index (χ3v) is 7.06. The predicted octanol–water partition coefficient (Wildman–Crippen LogP) is 11.0. The normalized spacial score (nSPS) is 15.1. The topological polar surface area (TPSA) is 26.0 Å². The van der Waals surface area contributed by atoms with E-state index in [1.165, 1.54) is 0 Å². The first kappa shape index (κ1) is 44.1. The summed E-state index contributed by atoms with van der Waals surface area (Å²) in [6.45, 7) is 1.13. The zero-order valence-electron chi connectivity index (χ0n) is 22.5. The van der Waals surface area contributed by atoms with Crippen LogP contribution in [0, 0.1) is 5.41 Å². The largest absolute Gasteiger partial charge is 0.460 e. The molecule has 0 heterocycles. The molecule has 0 aromatic rings. The van der Waals surface area contributed by atoms with Gasteiger partial charge in [0, 0.05) is 12.8 Å². The molecule has 262 valence electrons. The third-order valence-electron chi connectivity index (χ3n) is 7.06. The average molecular weight is 700 g/mol. The van der Waals surface area contributed by atoms with E-state index in [-0.39, 0.29) is 25.2 Å². The molecule has 0 atom stereocenters. The lowest BCUT2D eigenvalue weighted by atomic mass is 9.73. The Labute approximate surface area is 241 Å². The first-order valence-electron chi connectivity index (χ1n) is 12.6. The van der Waals surface area contributed by atoms with E-state index in [2.05, 4.69) is 0 Å². The second kappa shape index (κ2) is 15.1. The summed E-state index contributed by atoms with van der Waals surface area (Å²) in [5.41, 5.74) is 3.87. The minimum Gasteiger partial charge on any atom is -0.330 e. The van der Waals surface area contributed by atoms with Crippen LogP contribution in [0.2, 0.25) is 0 Å². The van der Waals surface area contributed by atoms with Crippen LogP contribution < -0.4 is 5.73 Å². The van der Waals surface area contributed by atoms with E-state index in [9.17, 15) is 79.0 Å². The maximum Gasteiger partial charge on any atom is 0.460 e. The molecule has 0 spiro atoms. The Morgan fingerprint density at radius 1 is 0.395 bits per heavy atom. The van der Waals surface area contributed by atoms with Crippen LogP contribution in [-0.4, -0.2) is 54.4 Å². The Hall–Kier alpha value is -1.01. The number of hydrogen-bond donors (Lipinski definition) is 1. The molecule has 0 aromatic carbocycles. The van der Waals surface area contributed by atoms with E-state index in [0.717, 1.165) is 6.42 Å². The summed E-state index contributed by atoms with van der Waals surface area (Å²) in [7, 11) is 0. The summed E-state index contributed by atoms with van der Waals surface area (Å²) in [5.74, 6) is -40.0. The van der Waals surface area contributed by atoms with Crippen molar-refractivity contribution < 1.29 is 79.0 Å². The van der Waals surface area contributed by atoms with Crippen molar-refractivity contribution in [2.24, 2.45) is 11.1 Å². The van der Waals surface area contributed by atoms with Crippen LogP contribution in [0.1, 0.15) is 84.0 Å². The lowest BCUT2D eigenvalue weighted by Gasteiger charge is -2.37. The van der Waals surface area contributed by atoms with Gasteiger partial charge in [0.1, 0.15) is 0 Å². The second-order valence-electron chi connectivity index (χ2n) is 10.3. The SMILES string of the molecule is CCCCCCCC(CN)(CCCC(F)(F)C(F)(F)C(F)(F)C(F)(F)F)CCCC(F)(F)C(F)(F)C(F)(F)C(F)(F)F.Cl. The molecule has 1 nitrogen and oxygen atoms in total. The zero-order valence-corrected chi connectivity index (χ0v) is 23.3. The minimum absolute atomic E-state index is 0. The molecular weight excluding hydrogens is 668 g/mol. The molecule has 0 aliphatic heterocycles.